The van der Waals surface area contributed by atoms with E-state index >= 15 is 0 Å². The standard InChI is InChI=1S/C15H17BrN2O/c1-3-13(12-8-11(16)4-5-15(12)19)18-14-9-17-7-6-10(14)2/h4-9,13,18-19H,3H2,1-2H3. The van der Waals surface area contributed by atoms with Crippen LogP contribution >= 0.6 is 15.9 Å². The summed E-state index contributed by atoms with van der Waals surface area (Å²) >= 11 is 3.44. The monoisotopic (exact) mass is 320 g/mol. The summed E-state index contributed by atoms with van der Waals surface area (Å²) in [5, 5.41) is 13.4. The van der Waals surface area contributed by atoms with Crippen LogP contribution in [0.25, 0.3) is 0 Å². The predicted molar refractivity (Wildman–Crippen MR) is 81.4 cm³/mol. The minimum atomic E-state index is 0.0559. The predicted octanol–water partition coefficient (Wildman–Crippen LogP) is 4.42. The first kappa shape index (κ1) is 13.9. The Labute approximate surface area is 121 Å². The van der Waals surface area contributed by atoms with Gasteiger partial charge in [-0.2, -0.15) is 0 Å². The van der Waals surface area contributed by atoms with E-state index in [-0.39, 0.29) is 6.04 Å². The van der Waals surface area contributed by atoms with Crippen molar-refractivity contribution in [3.8, 4) is 5.75 Å². The summed E-state index contributed by atoms with van der Waals surface area (Å²) in [5.41, 5.74) is 3.02. The number of benzene rings is 1. The number of aromatic nitrogens is 1. The number of phenols is 1. The van der Waals surface area contributed by atoms with E-state index in [4.69, 9.17) is 0 Å². The lowest BCUT2D eigenvalue weighted by atomic mass is 10.0. The van der Waals surface area contributed by atoms with E-state index in [1.54, 1.807) is 12.3 Å². The first-order valence-corrected chi connectivity index (χ1v) is 7.06. The number of nitrogens with one attached hydrogen (secondary N) is 1. The van der Waals surface area contributed by atoms with Gasteiger partial charge in [-0.05, 0) is 43.2 Å². The van der Waals surface area contributed by atoms with Crippen molar-refractivity contribution in [3.05, 3.63) is 52.3 Å². The Kier molecular flexibility index (Phi) is 4.43. The summed E-state index contributed by atoms with van der Waals surface area (Å²) in [4.78, 5) is 4.13. The van der Waals surface area contributed by atoms with Crippen molar-refractivity contribution in [2.75, 3.05) is 5.32 Å². The highest BCUT2D eigenvalue weighted by molar-refractivity contribution is 9.10. The molecule has 0 fully saturated rings. The molecule has 2 N–H and O–H groups in total. The van der Waals surface area contributed by atoms with Crippen LogP contribution in [0.5, 0.6) is 5.75 Å². The van der Waals surface area contributed by atoms with E-state index in [2.05, 4.69) is 33.2 Å². The molecule has 100 valence electrons. The van der Waals surface area contributed by atoms with E-state index in [1.807, 2.05) is 31.3 Å². The molecule has 0 amide bonds. The van der Waals surface area contributed by atoms with Crippen molar-refractivity contribution in [3.63, 3.8) is 0 Å². The van der Waals surface area contributed by atoms with Crippen LogP contribution < -0.4 is 5.32 Å². The Bertz CT molecular complexity index is 572. The van der Waals surface area contributed by atoms with Crippen molar-refractivity contribution in [2.24, 2.45) is 0 Å². The van der Waals surface area contributed by atoms with Crippen LogP contribution in [0.15, 0.2) is 41.1 Å². The smallest absolute Gasteiger partial charge is 0.120 e. The van der Waals surface area contributed by atoms with E-state index in [0.29, 0.717) is 5.75 Å². The van der Waals surface area contributed by atoms with Gasteiger partial charge < -0.3 is 10.4 Å². The molecule has 4 heteroatoms. The Morgan fingerprint density at radius 2 is 2.16 bits per heavy atom. The van der Waals surface area contributed by atoms with Gasteiger partial charge in [-0.3, -0.25) is 4.98 Å². The molecule has 0 saturated heterocycles. The van der Waals surface area contributed by atoms with Crippen LogP contribution in [0.2, 0.25) is 0 Å². The summed E-state index contributed by atoms with van der Waals surface area (Å²) in [6.45, 7) is 4.13. The Morgan fingerprint density at radius 1 is 1.37 bits per heavy atom. The minimum Gasteiger partial charge on any atom is -0.508 e. The van der Waals surface area contributed by atoms with Crippen LogP contribution in [0, 0.1) is 6.92 Å². The highest BCUT2D eigenvalue weighted by Gasteiger charge is 2.14. The third-order valence-corrected chi connectivity index (χ3v) is 3.64. The summed E-state index contributed by atoms with van der Waals surface area (Å²) in [6.07, 6.45) is 4.46. The lowest BCUT2D eigenvalue weighted by Crippen LogP contribution is -2.11. The summed E-state index contributed by atoms with van der Waals surface area (Å²) in [7, 11) is 0. The van der Waals surface area contributed by atoms with E-state index in [0.717, 1.165) is 27.7 Å². The highest BCUT2D eigenvalue weighted by Crippen LogP contribution is 2.32. The lowest BCUT2D eigenvalue weighted by Gasteiger charge is -2.21. The van der Waals surface area contributed by atoms with Crippen LogP contribution in [-0.2, 0) is 0 Å². The molecular formula is C15H17BrN2O. The number of hydrogen-bond donors (Lipinski definition) is 2. The van der Waals surface area contributed by atoms with Gasteiger partial charge in [0.05, 0.1) is 17.9 Å². The molecule has 0 aliphatic carbocycles. The molecule has 3 nitrogen and oxygen atoms in total. The van der Waals surface area contributed by atoms with Gasteiger partial charge in [-0.25, -0.2) is 0 Å². The van der Waals surface area contributed by atoms with E-state index < -0.39 is 0 Å². The number of pyridine rings is 1. The first-order chi connectivity index (χ1) is 9.11. The molecule has 0 aliphatic heterocycles. The second-order valence-electron chi connectivity index (χ2n) is 4.50. The van der Waals surface area contributed by atoms with Crippen molar-refractivity contribution >= 4 is 21.6 Å². The maximum Gasteiger partial charge on any atom is 0.120 e. The first-order valence-electron chi connectivity index (χ1n) is 6.27. The SMILES string of the molecule is CCC(Nc1cnccc1C)c1cc(Br)ccc1O. The number of rotatable bonds is 4. The number of aromatic hydroxyl groups is 1. The third kappa shape index (κ3) is 3.26. The lowest BCUT2D eigenvalue weighted by molar-refractivity contribution is 0.462. The van der Waals surface area contributed by atoms with Crippen LogP contribution in [-0.4, -0.2) is 10.1 Å². The summed E-state index contributed by atoms with van der Waals surface area (Å²) in [6, 6.07) is 7.51. The Morgan fingerprint density at radius 3 is 2.84 bits per heavy atom. The zero-order valence-electron chi connectivity index (χ0n) is 11.0. The fraction of sp³-hybridized carbons (Fsp3) is 0.267. The molecule has 0 bridgehead atoms. The van der Waals surface area contributed by atoms with Gasteiger partial charge in [-0.15, -0.1) is 0 Å². The molecule has 0 saturated carbocycles. The molecule has 1 unspecified atom stereocenters. The Hall–Kier alpha value is -1.55. The molecule has 1 atom stereocenters. The Balaban J connectivity index is 2.30. The molecule has 2 rings (SSSR count). The van der Waals surface area contributed by atoms with Crippen molar-refractivity contribution in [1.29, 1.82) is 0 Å². The summed E-state index contributed by atoms with van der Waals surface area (Å²) in [5.74, 6) is 0.309. The second-order valence-corrected chi connectivity index (χ2v) is 5.41. The maximum atomic E-state index is 10.0. The number of anilines is 1. The van der Waals surface area contributed by atoms with Gasteiger partial charge in [0.15, 0.2) is 0 Å². The molecule has 0 radical (unpaired) electrons. The quantitative estimate of drug-likeness (QED) is 0.876. The topological polar surface area (TPSA) is 45.2 Å². The van der Waals surface area contributed by atoms with Crippen molar-refractivity contribution < 1.29 is 5.11 Å². The van der Waals surface area contributed by atoms with Gasteiger partial charge in [0, 0.05) is 16.2 Å². The number of halogens is 1. The van der Waals surface area contributed by atoms with Crippen LogP contribution in [0.3, 0.4) is 0 Å². The van der Waals surface area contributed by atoms with Crippen molar-refractivity contribution in [2.45, 2.75) is 26.3 Å². The van der Waals surface area contributed by atoms with E-state index in [1.165, 1.54) is 0 Å². The number of hydrogen-bond acceptors (Lipinski definition) is 3. The second kappa shape index (κ2) is 6.06. The molecule has 0 aliphatic rings. The maximum absolute atomic E-state index is 10.0. The van der Waals surface area contributed by atoms with E-state index in [9.17, 15) is 5.11 Å². The number of nitrogens with zero attached hydrogens (tertiary/aromatic N) is 1. The largest absolute Gasteiger partial charge is 0.508 e. The fourth-order valence-electron chi connectivity index (χ4n) is 2.01. The zero-order valence-corrected chi connectivity index (χ0v) is 12.6. The molecule has 1 heterocycles. The number of phenolic OH excluding ortho intramolecular Hbond substituents is 1. The molecule has 0 spiro atoms. The molecule has 1 aromatic carbocycles. The molecule has 1 aromatic heterocycles. The highest BCUT2D eigenvalue weighted by atomic mass is 79.9. The normalized spacial score (nSPS) is 12.2. The van der Waals surface area contributed by atoms with Gasteiger partial charge in [0.2, 0.25) is 0 Å². The average Bonchev–Trinajstić information content (AvgIpc) is 2.41. The fourth-order valence-corrected chi connectivity index (χ4v) is 2.39. The molecule has 2 aromatic rings. The van der Waals surface area contributed by atoms with Gasteiger partial charge in [0.25, 0.3) is 0 Å². The van der Waals surface area contributed by atoms with Crippen LogP contribution in [0.4, 0.5) is 5.69 Å². The summed E-state index contributed by atoms with van der Waals surface area (Å²) < 4.78 is 0.962. The van der Waals surface area contributed by atoms with Crippen LogP contribution in [0.1, 0.15) is 30.5 Å². The third-order valence-electron chi connectivity index (χ3n) is 3.14. The zero-order chi connectivity index (χ0) is 13.8. The van der Waals surface area contributed by atoms with Gasteiger partial charge in [0.1, 0.15) is 5.75 Å². The van der Waals surface area contributed by atoms with Gasteiger partial charge in [-0.1, -0.05) is 22.9 Å². The number of aryl methyl sites for hydroxylation is 1. The molecule has 19 heavy (non-hydrogen) atoms. The minimum absolute atomic E-state index is 0.0559. The molecular weight excluding hydrogens is 304 g/mol. The van der Waals surface area contributed by atoms with Gasteiger partial charge >= 0.3 is 0 Å². The van der Waals surface area contributed by atoms with Crippen molar-refractivity contribution in [1.82, 2.24) is 4.98 Å². The average molecular weight is 321 g/mol.